The number of rotatable bonds is 5. The molecule has 1 aromatic carbocycles. The van der Waals surface area contributed by atoms with Crippen molar-refractivity contribution < 1.29 is 9.18 Å². The monoisotopic (exact) mass is 334 g/mol. The van der Waals surface area contributed by atoms with Gasteiger partial charge in [-0.2, -0.15) is 0 Å². The molecule has 0 unspecified atom stereocenters. The molecule has 132 valence electrons. The highest BCUT2D eigenvalue weighted by molar-refractivity contribution is 5.86. The van der Waals surface area contributed by atoms with Crippen molar-refractivity contribution in [2.45, 2.75) is 44.6 Å². The first-order chi connectivity index (χ1) is 11.3. The minimum absolute atomic E-state index is 0.0966. The number of nitrogens with zero attached hydrogens (tertiary/aromatic N) is 1. The van der Waals surface area contributed by atoms with Crippen LogP contribution in [-0.4, -0.2) is 37.5 Å². The third kappa shape index (κ3) is 4.94. The van der Waals surface area contributed by atoms with Crippen LogP contribution in [0.3, 0.4) is 0 Å². The van der Waals surface area contributed by atoms with Crippen LogP contribution in [0.25, 0.3) is 0 Å². The molecular weight excluding hydrogens is 307 g/mol. The van der Waals surface area contributed by atoms with E-state index in [0.717, 1.165) is 18.4 Å². The van der Waals surface area contributed by atoms with Crippen LogP contribution in [-0.2, 0) is 10.2 Å². The molecule has 1 aliphatic rings. The van der Waals surface area contributed by atoms with Crippen molar-refractivity contribution in [3.63, 3.8) is 0 Å². The molecule has 3 N–H and O–H groups in total. The quantitative estimate of drug-likeness (QED) is 0.569. The Morgan fingerprint density at radius 3 is 2.46 bits per heavy atom. The second-order valence-electron chi connectivity index (χ2n) is 7.34. The molecule has 1 amide bonds. The molecule has 1 saturated carbocycles. The maximum atomic E-state index is 14.0. The Kier molecular flexibility index (Phi) is 5.47. The number of benzene rings is 1. The molecule has 0 atom stereocenters. The van der Waals surface area contributed by atoms with E-state index in [1.54, 1.807) is 13.1 Å². The van der Waals surface area contributed by atoms with Gasteiger partial charge in [-0.1, -0.05) is 18.2 Å². The highest BCUT2D eigenvalue weighted by atomic mass is 19.1. The van der Waals surface area contributed by atoms with Crippen molar-refractivity contribution in [3.05, 3.63) is 35.6 Å². The molecule has 2 rings (SSSR count). The molecule has 24 heavy (non-hydrogen) atoms. The van der Waals surface area contributed by atoms with Crippen molar-refractivity contribution in [1.29, 1.82) is 0 Å². The fraction of sp³-hybridized carbons (Fsp3) is 0.556. The lowest BCUT2D eigenvalue weighted by Crippen LogP contribution is -2.49. The van der Waals surface area contributed by atoms with Crippen LogP contribution >= 0.6 is 0 Å². The first-order valence-electron chi connectivity index (χ1n) is 8.26. The molecule has 1 aliphatic carbocycles. The largest absolute Gasteiger partial charge is 0.356 e. The number of nitrogens with one attached hydrogen (secondary N) is 3. The minimum Gasteiger partial charge on any atom is -0.356 e. The van der Waals surface area contributed by atoms with Crippen LogP contribution in [0, 0.1) is 5.82 Å². The number of hydrogen-bond donors (Lipinski definition) is 3. The summed E-state index contributed by atoms with van der Waals surface area (Å²) in [5.74, 6) is 0.284. The summed E-state index contributed by atoms with van der Waals surface area (Å²) in [5.41, 5.74) is 0.313. The Morgan fingerprint density at radius 2 is 1.92 bits per heavy atom. The molecule has 0 aromatic heterocycles. The molecule has 0 bridgehead atoms. The lowest BCUT2D eigenvalue weighted by molar-refractivity contribution is -0.121. The zero-order chi connectivity index (χ0) is 17.8. The Bertz CT molecular complexity index is 618. The molecule has 5 nitrogen and oxygen atoms in total. The van der Waals surface area contributed by atoms with Crippen molar-refractivity contribution >= 4 is 11.9 Å². The van der Waals surface area contributed by atoms with Gasteiger partial charge in [-0.05, 0) is 45.2 Å². The van der Waals surface area contributed by atoms with Gasteiger partial charge in [0, 0.05) is 24.5 Å². The lowest BCUT2D eigenvalue weighted by atomic mass is 9.95. The van der Waals surface area contributed by atoms with Crippen molar-refractivity contribution in [1.82, 2.24) is 16.0 Å². The third-order valence-electron chi connectivity index (χ3n) is 4.05. The number of guanidine groups is 1. The molecule has 0 radical (unpaired) electrons. The van der Waals surface area contributed by atoms with Gasteiger partial charge in [0.25, 0.3) is 0 Å². The van der Waals surface area contributed by atoms with E-state index >= 15 is 0 Å². The van der Waals surface area contributed by atoms with Gasteiger partial charge >= 0.3 is 0 Å². The molecule has 0 aliphatic heterocycles. The maximum Gasteiger partial charge on any atom is 0.239 e. The maximum absolute atomic E-state index is 14.0. The lowest BCUT2D eigenvalue weighted by Gasteiger charge is -2.22. The number of hydrogen-bond acceptors (Lipinski definition) is 2. The number of amides is 1. The van der Waals surface area contributed by atoms with Crippen molar-refractivity contribution in [2.24, 2.45) is 4.99 Å². The third-order valence-corrected chi connectivity index (χ3v) is 4.05. The van der Waals surface area contributed by atoms with Gasteiger partial charge in [0.15, 0.2) is 5.96 Å². The Labute approximate surface area is 143 Å². The summed E-state index contributed by atoms with van der Waals surface area (Å²) in [6.45, 7) is 6.54. The van der Waals surface area contributed by atoms with E-state index in [1.165, 1.54) is 6.07 Å². The summed E-state index contributed by atoms with van der Waals surface area (Å²) >= 11 is 0. The van der Waals surface area contributed by atoms with E-state index in [-0.39, 0.29) is 29.2 Å². The fourth-order valence-electron chi connectivity index (χ4n) is 2.68. The molecule has 6 heteroatoms. The van der Waals surface area contributed by atoms with Gasteiger partial charge in [0.1, 0.15) is 5.82 Å². The topological polar surface area (TPSA) is 65.5 Å². The van der Waals surface area contributed by atoms with Crippen LogP contribution in [0.15, 0.2) is 29.3 Å². The normalized spacial score (nSPS) is 16.5. The summed E-state index contributed by atoms with van der Waals surface area (Å²) in [5, 5.41) is 9.08. The summed E-state index contributed by atoms with van der Waals surface area (Å²) < 4.78 is 14.0. The minimum atomic E-state index is -0.265. The number of carbonyl (C=O) groups is 1. The number of halogens is 1. The number of aliphatic imine (C=N–C) groups is 1. The highest BCUT2D eigenvalue weighted by Crippen LogP contribution is 2.48. The van der Waals surface area contributed by atoms with Crippen LogP contribution in [0.1, 0.15) is 39.2 Å². The van der Waals surface area contributed by atoms with Crippen LogP contribution in [0.4, 0.5) is 4.39 Å². The first-order valence-corrected chi connectivity index (χ1v) is 8.26. The van der Waals surface area contributed by atoms with Gasteiger partial charge < -0.3 is 16.0 Å². The van der Waals surface area contributed by atoms with Gasteiger partial charge in [0.2, 0.25) is 5.91 Å². The van der Waals surface area contributed by atoms with Crippen LogP contribution in [0.5, 0.6) is 0 Å². The molecule has 1 fully saturated rings. The average molecular weight is 334 g/mol. The van der Waals surface area contributed by atoms with Crippen molar-refractivity contribution in [2.75, 3.05) is 20.1 Å². The Hall–Kier alpha value is -2.11. The second kappa shape index (κ2) is 7.20. The molecule has 0 heterocycles. The predicted molar refractivity (Wildman–Crippen MR) is 94.6 cm³/mol. The second-order valence-corrected chi connectivity index (χ2v) is 7.34. The molecule has 1 aromatic rings. The standard InChI is InChI=1S/C18H27FN4O/c1-17(2,3)23-15(24)11-21-16(20-4)22-12-18(9-10-18)13-7-5-6-8-14(13)19/h5-8H,9-12H2,1-4H3,(H,23,24)(H2,20,21,22). The van der Waals surface area contributed by atoms with E-state index in [4.69, 9.17) is 0 Å². The van der Waals surface area contributed by atoms with Crippen LogP contribution < -0.4 is 16.0 Å². The van der Waals surface area contributed by atoms with E-state index in [0.29, 0.717) is 12.5 Å². The molecule has 0 spiro atoms. The summed E-state index contributed by atoms with van der Waals surface area (Å²) in [4.78, 5) is 16.0. The van der Waals surface area contributed by atoms with Gasteiger partial charge in [0.05, 0.1) is 6.54 Å². The zero-order valence-corrected chi connectivity index (χ0v) is 14.9. The number of carbonyl (C=O) groups excluding carboxylic acids is 1. The highest BCUT2D eigenvalue weighted by Gasteiger charge is 2.45. The van der Waals surface area contributed by atoms with Gasteiger partial charge in [-0.3, -0.25) is 9.79 Å². The molecular formula is C18H27FN4O. The predicted octanol–water partition coefficient (Wildman–Crippen LogP) is 1.94. The Balaban J connectivity index is 1.86. The van der Waals surface area contributed by atoms with E-state index < -0.39 is 0 Å². The summed E-state index contributed by atoms with van der Waals surface area (Å²) in [6.07, 6.45) is 1.89. The van der Waals surface area contributed by atoms with Crippen LogP contribution in [0.2, 0.25) is 0 Å². The van der Waals surface area contributed by atoms with E-state index in [2.05, 4.69) is 20.9 Å². The Morgan fingerprint density at radius 1 is 1.25 bits per heavy atom. The fourth-order valence-corrected chi connectivity index (χ4v) is 2.68. The first kappa shape index (κ1) is 18.2. The van der Waals surface area contributed by atoms with Crippen molar-refractivity contribution in [3.8, 4) is 0 Å². The average Bonchev–Trinajstić information content (AvgIpc) is 3.27. The smallest absolute Gasteiger partial charge is 0.239 e. The summed E-state index contributed by atoms with van der Waals surface area (Å²) in [7, 11) is 1.65. The molecule has 0 saturated heterocycles. The van der Waals surface area contributed by atoms with E-state index in [9.17, 15) is 9.18 Å². The SMILES string of the molecule is CN=C(NCC(=O)NC(C)(C)C)NCC1(c2ccccc2F)CC1. The van der Waals surface area contributed by atoms with Gasteiger partial charge in [-0.25, -0.2) is 4.39 Å². The zero-order valence-electron chi connectivity index (χ0n) is 14.9. The van der Waals surface area contributed by atoms with Gasteiger partial charge in [-0.15, -0.1) is 0 Å². The summed E-state index contributed by atoms with van der Waals surface area (Å²) in [6, 6.07) is 6.91. The van der Waals surface area contributed by atoms with E-state index in [1.807, 2.05) is 32.9 Å².